The summed E-state index contributed by atoms with van der Waals surface area (Å²) in [5, 5.41) is 25.6. The number of hydrogen-bond donors (Lipinski definition) is 3. The molecule has 6 nitrogen and oxygen atoms in total. The Kier molecular flexibility index (Phi) is 5.31. The van der Waals surface area contributed by atoms with Crippen LogP contribution >= 0.6 is 0 Å². The highest BCUT2D eigenvalue weighted by atomic mass is 16.3. The van der Waals surface area contributed by atoms with Gasteiger partial charge in [-0.25, -0.2) is 4.99 Å². The van der Waals surface area contributed by atoms with Gasteiger partial charge in [0.25, 0.3) is 0 Å². The van der Waals surface area contributed by atoms with E-state index in [1.165, 1.54) is 18.4 Å². The Bertz CT molecular complexity index is 1070. The molecule has 1 saturated carbocycles. The van der Waals surface area contributed by atoms with E-state index in [0.29, 0.717) is 18.7 Å². The monoisotopic (exact) mass is 413 g/mol. The van der Waals surface area contributed by atoms with Crippen molar-refractivity contribution in [2.75, 3.05) is 25.0 Å². The minimum atomic E-state index is -0.134. The van der Waals surface area contributed by atoms with Crippen molar-refractivity contribution in [1.82, 2.24) is 5.32 Å². The molecule has 1 fully saturated rings. The number of dihydropyridines is 1. The summed E-state index contributed by atoms with van der Waals surface area (Å²) in [6.07, 6.45) is 15.0. The number of aliphatic hydroxyl groups is 1. The normalized spacial score (nSPS) is 27.9. The zero-order chi connectivity index (χ0) is 21.3. The second-order valence-corrected chi connectivity index (χ2v) is 8.59. The van der Waals surface area contributed by atoms with E-state index in [1.54, 1.807) is 0 Å². The first kappa shape index (κ1) is 19.9. The van der Waals surface area contributed by atoms with Gasteiger partial charge in [-0.2, -0.15) is 5.26 Å². The lowest BCUT2D eigenvalue weighted by Crippen LogP contribution is -2.24. The van der Waals surface area contributed by atoms with Crippen LogP contribution < -0.4 is 10.6 Å². The maximum atomic E-state index is 9.95. The fourth-order valence-corrected chi connectivity index (χ4v) is 5.08. The summed E-state index contributed by atoms with van der Waals surface area (Å²) < 4.78 is 0. The quantitative estimate of drug-likeness (QED) is 0.623. The van der Waals surface area contributed by atoms with Gasteiger partial charge < -0.3 is 15.7 Å². The van der Waals surface area contributed by atoms with Gasteiger partial charge in [-0.15, -0.1) is 0 Å². The smallest absolute Gasteiger partial charge is 0.112 e. The molecule has 0 amide bonds. The predicted octanol–water partition coefficient (Wildman–Crippen LogP) is 3.43. The van der Waals surface area contributed by atoms with Gasteiger partial charge in [0.1, 0.15) is 11.9 Å². The molecular weight excluding hydrogens is 386 g/mol. The fraction of sp³-hybridized carbons (Fsp3) is 0.400. The van der Waals surface area contributed by atoms with Crippen molar-refractivity contribution in [3.8, 4) is 6.07 Å². The molecule has 0 radical (unpaired) electrons. The minimum Gasteiger partial charge on any atom is -0.395 e. The summed E-state index contributed by atoms with van der Waals surface area (Å²) >= 11 is 0. The van der Waals surface area contributed by atoms with E-state index in [2.05, 4.69) is 46.0 Å². The lowest BCUT2D eigenvalue weighted by molar-refractivity contribution is 0.294. The molecule has 2 aliphatic carbocycles. The first-order valence-corrected chi connectivity index (χ1v) is 11.1. The van der Waals surface area contributed by atoms with Crippen LogP contribution in [-0.2, 0) is 0 Å². The van der Waals surface area contributed by atoms with Crippen LogP contribution in [0.25, 0.3) is 5.57 Å². The fourth-order valence-electron chi connectivity index (χ4n) is 5.08. The third-order valence-electron chi connectivity index (χ3n) is 6.66. The van der Waals surface area contributed by atoms with E-state index in [4.69, 9.17) is 10.1 Å². The molecule has 0 aromatic heterocycles. The second-order valence-electron chi connectivity index (χ2n) is 8.59. The first-order valence-electron chi connectivity index (χ1n) is 11.1. The molecule has 31 heavy (non-hydrogen) atoms. The van der Waals surface area contributed by atoms with Crippen molar-refractivity contribution in [3.05, 3.63) is 59.3 Å². The van der Waals surface area contributed by atoms with Crippen molar-refractivity contribution in [2.45, 2.75) is 31.7 Å². The van der Waals surface area contributed by atoms with E-state index >= 15 is 0 Å². The Morgan fingerprint density at radius 3 is 3.03 bits per heavy atom. The highest BCUT2D eigenvalue weighted by Gasteiger charge is 2.66. The number of nitriles is 1. The highest BCUT2D eigenvalue weighted by molar-refractivity contribution is 6.04. The van der Waals surface area contributed by atoms with Crippen molar-refractivity contribution >= 4 is 23.3 Å². The van der Waals surface area contributed by atoms with Crippen LogP contribution in [0.4, 0.5) is 5.69 Å². The molecule has 3 N–H and O–H groups in total. The van der Waals surface area contributed by atoms with Crippen LogP contribution in [0.3, 0.4) is 0 Å². The molecule has 4 aliphatic rings. The maximum absolute atomic E-state index is 9.95. The number of amidine groups is 1. The Labute approximate surface area is 182 Å². The number of allylic oxidation sites excluding steroid dienone is 2. The highest BCUT2D eigenvalue weighted by Crippen LogP contribution is 2.61. The third-order valence-corrected chi connectivity index (χ3v) is 6.66. The SMILES string of the molecule is N#Cc1c(NC2=NC=CC34C=C(CNCCO)C=NC3C24)cccc1C1=CCCCC1. The van der Waals surface area contributed by atoms with Crippen LogP contribution in [-0.4, -0.2) is 42.9 Å². The Hall–Kier alpha value is -3.01. The third kappa shape index (κ3) is 3.54. The van der Waals surface area contributed by atoms with E-state index in [-0.39, 0.29) is 24.0 Å². The van der Waals surface area contributed by atoms with E-state index in [1.807, 2.05) is 24.5 Å². The van der Waals surface area contributed by atoms with Crippen molar-refractivity contribution < 1.29 is 5.11 Å². The summed E-state index contributed by atoms with van der Waals surface area (Å²) in [4.78, 5) is 9.42. The van der Waals surface area contributed by atoms with E-state index in [0.717, 1.165) is 35.5 Å². The molecule has 0 saturated heterocycles. The summed E-state index contributed by atoms with van der Waals surface area (Å²) in [5.74, 6) is 1.03. The zero-order valence-corrected chi connectivity index (χ0v) is 17.5. The van der Waals surface area contributed by atoms with Crippen molar-refractivity contribution in [1.29, 1.82) is 5.26 Å². The van der Waals surface area contributed by atoms with Crippen LogP contribution in [0.5, 0.6) is 0 Å². The van der Waals surface area contributed by atoms with Gasteiger partial charge in [0.15, 0.2) is 0 Å². The van der Waals surface area contributed by atoms with E-state index < -0.39 is 0 Å². The molecule has 2 heterocycles. The minimum absolute atomic E-state index is 0.124. The van der Waals surface area contributed by atoms with Gasteiger partial charge in [-0.05, 0) is 48.5 Å². The Morgan fingerprint density at radius 2 is 2.23 bits per heavy atom. The molecule has 1 aromatic carbocycles. The number of aliphatic hydroxyl groups excluding tert-OH is 1. The summed E-state index contributed by atoms with van der Waals surface area (Å²) in [5.41, 5.74) is 4.82. The lowest BCUT2D eigenvalue weighted by Gasteiger charge is -2.19. The van der Waals surface area contributed by atoms with Gasteiger partial charge >= 0.3 is 0 Å². The van der Waals surface area contributed by atoms with Crippen LogP contribution in [0.1, 0.15) is 36.8 Å². The number of anilines is 1. The molecule has 3 unspecified atom stereocenters. The number of nitrogens with zero attached hydrogens (tertiary/aromatic N) is 3. The van der Waals surface area contributed by atoms with E-state index in [9.17, 15) is 5.26 Å². The van der Waals surface area contributed by atoms with Gasteiger partial charge in [-0.1, -0.05) is 30.4 Å². The summed E-state index contributed by atoms with van der Waals surface area (Å²) in [6.45, 7) is 1.38. The van der Waals surface area contributed by atoms with Gasteiger partial charge in [-0.3, -0.25) is 4.99 Å². The Morgan fingerprint density at radius 1 is 1.29 bits per heavy atom. The molecule has 6 heteroatoms. The van der Waals surface area contributed by atoms with Gasteiger partial charge in [0, 0.05) is 30.9 Å². The summed E-state index contributed by atoms with van der Waals surface area (Å²) in [7, 11) is 0. The number of benzene rings is 1. The number of nitrogens with one attached hydrogen (secondary N) is 2. The molecule has 158 valence electrons. The predicted molar refractivity (Wildman–Crippen MR) is 124 cm³/mol. The number of aliphatic imine (C=N–C) groups is 2. The standard InChI is InChI=1S/C25H27N5O/c26-14-20-19(18-5-2-1-3-6-18)7-4-8-21(20)30-24-22-23-25(22,9-10-28-24)13-17(16-29-23)15-27-11-12-31/h4-5,7-10,13,16,22-23,27,31H,1-3,6,11-12,15H2,(H,28,30). The largest absolute Gasteiger partial charge is 0.395 e. The molecule has 1 aromatic rings. The van der Waals surface area contributed by atoms with Crippen LogP contribution in [0.15, 0.2) is 58.2 Å². The molecule has 3 atom stereocenters. The summed E-state index contributed by atoms with van der Waals surface area (Å²) in [6, 6.07) is 8.62. The molecule has 5 rings (SSSR count). The average molecular weight is 414 g/mol. The molecular formula is C25H27N5O. The van der Waals surface area contributed by atoms with Crippen LogP contribution in [0.2, 0.25) is 0 Å². The maximum Gasteiger partial charge on any atom is 0.112 e. The second kappa shape index (κ2) is 8.26. The lowest BCUT2D eigenvalue weighted by atomic mass is 9.90. The molecule has 1 spiro atoms. The molecule has 0 bridgehead atoms. The van der Waals surface area contributed by atoms with Crippen molar-refractivity contribution in [3.63, 3.8) is 0 Å². The number of hydrogen-bond acceptors (Lipinski definition) is 6. The zero-order valence-electron chi connectivity index (χ0n) is 17.5. The van der Waals surface area contributed by atoms with Crippen LogP contribution in [0, 0.1) is 22.7 Å². The van der Waals surface area contributed by atoms with Gasteiger partial charge in [0.2, 0.25) is 0 Å². The molecule has 2 aliphatic heterocycles. The Balaban J connectivity index is 1.39. The topological polar surface area (TPSA) is 92.8 Å². The number of fused-ring (bicyclic) bond motifs is 1. The van der Waals surface area contributed by atoms with Crippen molar-refractivity contribution in [2.24, 2.45) is 21.3 Å². The first-order chi connectivity index (χ1) is 15.3. The number of rotatable bonds is 6. The average Bonchev–Trinajstić information content (AvgIpc) is 3.49. The van der Waals surface area contributed by atoms with Gasteiger partial charge in [0.05, 0.1) is 29.8 Å².